The molecule has 6 rings (SSSR count). The van der Waals surface area contributed by atoms with E-state index in [9.17, 15) is 13.2 Å². The highest BCUT2D eigenvalue weighted by Crippen LogP contribution is 2.40. The molecule has 0 bridgehead atoms. The number of hydrogen-bond acceptors (Lipinski definition) is 6. The molecule has 1 aliphatic heterocycles. The summed E-state index contributed by atoms with van der Waals surface area (Å²) in [7, 11) is -1.62. The summed E-state index contributed by atoms with van der Waals surface area (Å²) in [6.45, 7) is 0.539. The van der Waals surface area contributed by atoms with Crippen LogP contribution in [0, 0.1) is 0 Å². The largest absolute Gasteiger partial charge is 0.382 e. The summed E-state index contributed by atoms with van der Waals surface area (Å²) in [6.07, 6.45) is 4.29. The van der Waals surface area contributed by atoms with Crippen molar-refractivity contribution in [3.8, 4) is 11.1 Å². The molecule has 3 aliphatic rings. The lowest BCUT2D eigenvalue weighted by molar-refractivity contribution is -0.146. The number of nitrogens with one attached hydrogen (secondary N) is 1. The third-order valence-electron chi connectivity index (χ3n) is 7.74. The van der Waals surface area contributed by atoms with Gasteiger partial charge in [-0.3, -0.25) is 9.52 Å². The van der Waals surface area contributed by atoms with Gasteiger partial charge in [-0.15, -0.1) is 0 Å². The zero-order valence-corrected chi connectivity index (χ0v) is 20.4. The average molecular weight is 496 g/mol. The van der Waals surface area contributed by atoms with Gasteiger partial charge in [0.15, 0.2) is 15.7 Å². The van der Waals surface area contributed by atoms with Crippen LogP contribution >= 0.6 is 0 Å². The summed E-state index contributed by atoms with van der Waals surface area (Å²) in [4.78, 5) is 20.0. The Morgan fingerprint density at radius 3 is 2.43 bits per heavy atom. The maximum Gasteiger partial charge on any atom is 0.341 e. The van der Waals surface area contributed by atoms with Crippen LogP contribution in [0.5, 0.6) is 0 Å². The number of amides is 2. The van der Waals surface area contributed by atoms with E-state index in [4.69, 9.17) is 10.6 Å². The number of fused-ring (bicyclic) bond motifs is 1. The van der Waals surface area contributed by atoms with Gasteiger partial charge in [0.05, 0.1) is 22.2 Å². The Morgan fingerprint density at radius 1 is 1.06 bits per heavy atom. The lowest BCUT2D eigenvalue weighted by Crippen LogP contribution is -2.61. The van der Waals surface area contributed by atoms with Crippen molar-refractivity contribution in [2.75, 3.05) is 12.3 Å². The predicted octanol–water partition coefficient (Wildman–Crippen LogP) is 3.40. The Balaban J connectivity index is 1.17. The predicted molar refractivity (Wildman–Crippen MR) is 132 cm³/mol. The quantitative estimate of drug-likeness (QED) is 0.573. The van der Waals surface area contributed by atoms with Gasteiger partial charge in [-0.1, -0.05) is 18.2 Å². The van der Waals surface area contributed by atoms with Crippen LogP contribution in [0.3, 0.4) is 0 Å². The molecule has 2 saturated carbocycles. The number of aryl methyl sites for hydroxylation is 1. The number of nitrogens with zero attached hydrogens (tertiary/aromatic N) is 3. The van der Waals surface area contributed by atoms with Crippen molar-refractivity contribution in [3.05, 3.63) is 42.5 Å². The summed E-state index contributed by atoms with van der Waals surface area (Å²) in [5, 5.41) is 4.70. The summed E-state index contributed by atoms with van der Waals surface area (Å²) in [5.41, 5.74) is 10.8. The molecule has 9 nitrogen and oxygen atoms in total. The van der Waals surface area contributed by atoms with Crippen molar-refractivity contribution in [3.63, 3.8) is 0 Å². The molecule has 1 aromatic heterocycles. The van der Waals surface area contributed by atoms with Gasteiger partial charge in [0.25, 0.3) is 0 Å². The number of benzene rings is 2. The van der Waals surface area contributed by atoms with E-state index in [0.29, 0.717) is 49.0 Å². The molecule has 2 aromatic carbocycles. The molecule has 10 heteroatoms. The number of aromatic nitrogens is 2. The zero-order valence-electron chi connectivity index (χ0n) is 19.6. The van der Waals surface area contributed by atoms with E-state index in [0.717, 1.165) is 34.9 Å². The number of carbonyl (C=O) groups is 1. The molecule has 3 aromatic rings. The van der Waals surface area contributed by atoms with E-state index in [1.807, 2.05) is 42.3 Å². The standard InChI is InChI=1S/C25H29N5O4S/c1-29-22-14-17(4-9-21(22)23(26)27-29)16-2-7-19(8-3-16)35(32,33)20-10-12-25(13-11-20)15-30(18-5-6-18)24(31)28-34-25/h2-4,7-9,14,18,20H,5-6,10-13,15H2,1H3,(H2,26,27)(H,28,31). The third kappa shape index (κ3) is 3.84. The number of carbonyl (C=O) groups excluding carboxylic acids is 1. The number of nitrogen functional groups attached to an aromatic ring is 1. The Hall–Kier alpha value is -3.11. The van der Waals surface area contributed by atoms with Gasteiger partial charge in [0.1, 0.15) is 5.60 Å². The van der Waals surface area contributed by atoms with Gasteiger partial charge in [-0.05, 0) is 73.9 Å². The minimum Gasteiger partial charge on any atom is -0.382 e. The van der Waals surface area contributed by atoms with E-state index in [2.05, 4.69) is 10.6 Å². The fourth-order valence-electron chi connectivity index (χ4n) is 5.49. The Morgan fingerprint density at radius 2 is 1.74 bits per heavy atom. The second-order valence-corrected chi connectivity index (χ2v) is 12.3. The second-order valence-electron chi connectivity index (χ2n) is 10.1. The van der Waals surface area contributed by atoms with Crippen LogP contribution in [0.15, 0.2) is 47.4 Å². The number of rotatable bonds is 4. The first-order chi connectivity index (χ1) is 16.8. The van der Waals surface area contributed by atoms with Crippen LogP contribution in [0.25, 0.3) is 22.0 Å². The van der Waals surface area contributed by atoms with E-state index in [1.165, 1.54) is 0 Å². The molecule has 1 saturated heterocycles. The smallest absolute Gasteiger partial charge is 0.341 e. The summed E-state index contributed by atoms with van der Waals surface area (Å²) in [6, 6.07) is 13.1. The second kappa shape index (κ2) is 7.96. The average Bonchev–Trinajstić information content (AvgIpc) is 3.67. The van der Waals surface area contributed by atoms with Crippen molar-refractivity contribution in [1.29, 1.82) is 0 Å². The number of hydrogen-bond donors (Lipinski definition) is 2. The minimum absolute atomic E-state index is 0.182. The number of sulfone groups is 1. The van der Waals surface area contributed by atoms with E-state index in [-0.39, 0.29) is 6.03 Å². The number of anilines is 1. The first-order valence-electron chi connectivity index (χ1n) is 12.1. The van der Waals surface area contributed by atoms with Crippen molar-refractivity contribution in [1.82, 2.24) is 20.2 Å². The molecule has 0 radical (unpaired) electrons. The van der Waals surface area contributed by atoms with Crippen molar-refractivity contribution >= 4 is 32.6 Å². The SMILES string of the molecule is Cn1nc(N)c2ccc(-c3ccc(S(=O)(=O)C4CCC5(CC4)CN(C4CC4)C(=O)NO5)cc3)cc21. The lowest BCUT2D eigenvalue weighted by atomic mass is 9.83. The molecule has 3 fully saturated rings. The Labute approximate surface area is 204 Å². The summed E-state index contributed by atoms with van der Waals surface area (Å²) >= 11 is 0. The van der Waals surface area contributed by atoms with Crippen LogP contribution < -0.4 is 11.2 Å². The molecule has 2 heterocycles. The van der Waals surface area contributed by atoms with Crippen molar-refractivity contribution in [2.24, 2.45) is 7.05 Å². The first kappa shape index (κ1) is 22.4. The van der Waals surface area contributed by atoms with Gasteiger partial charge >= 0.3 is 6.03 Å². The molecular formula is C25H29N5O4S. The van der Waals surface area contributed by atoms with Gasteiger partial charge in [-0.25, -0.2) is 18.7 Å². The molecule has 3 N–H and O–H groups in total. The Bertz CT molecular complexity index is 1400. The molecule has 2 aliphatic carbocycles. The van der Waals surface area contributed by atoms with Gasteiger partial charge in [-0.2, -0.15) is 5.10 Å². The zero-order chi connectivity index (χ0) is 24.4. The Kier molecular flexibility index (Phi) is 5.08. The van der Waals surface area contributed by atoms with Crippen LogP contribution in [0.2, 0.25) is 0 Å². The van der Waals surface area contributed by atoms with Gasteiger partial charge in [0.2, 0.25) is 0 Å². The highest BCUT2D eigenvalue weighted by molar-refractivity contribution is 7.92. The number of nitrogens with two attached hydrogens (primary N) is 1. The van der Waals surface area contributed by atoms with E-state index in [1.54, 1.807) is 16.8 Å². The van der Waals surface area contributed by atoms with E-state index >= 15 is 0 Å². The molecule has 35 heavy (non-hydrogen) atoms. The fourth-order valence-corrected chi connectivity index (χ4v) is 7.25. The molecule has 0 atom stereocenters. The maximum atomic E-state index is 13.4. The normalized spacial score (nSPS) is 25.2. The molecular weight excluding hydrogens is 466 g/mol. The highest BCUT2D eigenvalue weighted by Gasteiger charge is 2.48. The number of urea groups is 1. The van der Waals surface area contributed by atoms with Gasteiger partial charge in [0, 0.05) is 18.5 Å². The van der Waals surface area contributed by atoms with Crippen LogP contribution in [0.1, 0.15) is 38.5 Å². The topological polar surface area (TPSA) is 120 Å². The lowest BCUT2D eigenvalue weighted by Gasteiger charge is -2.45. The van der Waals surface area contributed by atoms with Crippen molar-refractivity contribution in [2.45, 2.75) is 60.3 Å². The van der Waals surface area contributed by atoms with Crippen LogP contribution in [-0.2, 0) is 21.7 Å². The summed E-state index contributed by atoms with van der Waals surface area (Å²) < 4.78 is 28.6. The maximum absolute atomic E-state index is 13.4. The highest BCUT2D eigenvalue weighted by atomic mass is 32.2. The van der Waals surface area contributed by atoms with Crippen LogP contribution in [-0.4, -0.2) is 52.6 Å². The fraction of sp³-hybridized carbons (Fsp3) is 0.440. The molecule has 184 valence electrons. The molecule has 0 unspecified atom stereocenters. The summed E-state index contributed by atoms with van der Waals surface area (Å²) in [5.74, 6) is 0.492. The molecule has 2 amide bonds. The van der Waals surface area contributed by atoms with Gasteiger partial charge < -0.3 is 10.6 Å². The van der Waals surface area contributed by atoms with Crippen LogP contribution in [0.4, 0.5) is 10.6 Å². The minimum atomic E-state index is -3.47. The van der Waals surface area contributed by atoms with E-state index < -0.39 is 20.7 Å². The monoisotopic (exact) mass is 495 g/mol. The van der Waals surface area contributed by atoms with Crippen molar-refractivity contribution < 1.29 is 18.0 Å². The number of hydroxylamine groups is 1. The first-order valence-corrected chi connectivity index (χ1v) is 13.6. The molecule has 1 spiro atoms. The third-order valence-corrected chi connectivity index (χ3v) is 10.0.